The number of unbranched alkanes of at least 4 members (excludes halogenated alkanes) is 9. The molecule has 0 spiro atoms. The van der Waals surface area contributed by atoms with Gasteiger partial charge in [0.1, 0.15) is 12.6 Å². The van der Waals surface area contributed by atoms with Crippen LogP contribution in [-0.2, 0) is 37.5 Å². The average molecular weight is 876 g/mol. The minimum atomic E-state index is -4.78. The molecule has 1 unspecified atom stereocenters. The Labute approximate surface area is 367 Å². The number of phosphoric acid groups is 1. The maximum absolute atomic E-state index is 12.6. The summed E-state index contributed by atoms with van der Waals surface area (Å²) in [5.74, 6) is -2.66. The molecule has 0 bridgehead atoms. The number of aliphatic hydroxyl groups is 1. The molecule has 0 aromatic heterocycles. The van der Waals surface area contributed by atoms with Crippen LogP contribution < -0.4 is 5.73 Å². The quantitative estimate of drug-likeness (QED) is 0.0150. The number of aliphatic carboxylic acids is 1. The Kier molecular flexibility index (Phi) is 39.2. The number of hydrogen-bond donors (Lipinski definition) is 4. The highest BCUT2D eigenvalue weighted by Crippen LogP contribution is 2.43. The number of carbonyl (C=O) groups excluding carboxylic acids is 2. The van der Waals surface area contributed by atoms with E-state index in [4.69, 9.17) is 24.8 Å². The molecule has 0 rings (SSSR count). The maximum atomic E-state index is 12.6. The highest BCUT2D eigenvalue weighted by molar-refractivity contribution is 7.47. The third-order valence-electron chi connectivity index (χ3n) is 8.91. The fraction of sp³-hybridized carbons (Fsp3) is 0.604. The molecule has 5 N–H and O–H groups in total. The zero-order valence-corrected chi connectivity index (χ0v) is 38.0. The fourth-order valence-electron chi connectivity index (χ4n) is 5.33. The smallest absolute Gasteiger partial charge is 0.472 e. The number of carboxylic acid groups (broad SMARTS) is 1. The van der Waals surface area contributed by atoms with E-state index >= 15 is 0 Å². The summed E-state index contributed by atoms with van der Waals surface area (Å²) >= 11 is 0. The highest BCUT2D eigenvalue weighted by atomic mass is 31.2. The lowest BCUT2D eigenvalue weighted by Crippen LogP contribution is -2.34. The van der Waals surface area contributed by atoms with Crippen LogP contribution in [-0.4, -0.2) is 71.1 Å². The molecule has 0 radical (unpaired) electrons. The summed E-state index contributed by atoms with van der Waals surface area (Å²) in [6, 6.07) is -1.56. The summed E-state index contributed by atoms with van der Waals surface area (Å²) in [5.41, 5.74) is 5.32. The van der Waals surface area contributed by atoms with Gasteiger partial charge in [-0.05, 0) is 89.9 Å². The lowest BCUT2D eigenvalue weighted by Gasteiger charge is -2.20. The zero-order chi connectivity index (χ0) is 45.1. The number of carbonyl (C=O) groups is 3. The van der Waals surface area contributed by atoms with E-state index in [1.807, 2.05) is 12.2 Å². The van der Waals surface area contributed by atoms with Crippen LogP contribution >= 0.6 is 7.82 Å². The number of carboxylic acids is 1. The molecule has 0 aliphatic heterocycles. The number of ether oxygens (including phenoxy) is 2. The Hall–Kier alpha value is -3.64. The molecule has 12 nitrogen and oxygen atoms in total. The Bertz CT molecular complexity index is 1420. The molecule has 0 aliphatic rings. The number of phosphoric ester groups is 1. The van der Waals surface area contributed by atoms with E-state index in [-0.39, 0.29) is 12.8 Å². The van der Waals surface area contributed by atoms with Crippen molar-refractivity contribution in [3.8, 4) is 0 Å². The van der Waals surface area contributed by atoms with Crippen molar-refractivity contribution in [1.29, 1.82) is 0 Å². The summed E-state index contributed by atoms with van der Waals surface area (Å²) < 4.78 is 32.5. The minimum Gasteiger partial charge on any atom is -0.480 e. The minimum absolute atomic E-state index is 0.0196. The van der Waals surface area contributed by atoms with Crippen LogP contribution in [0, 0.1) is 0 Å². The summed E-state index contributed by atoms with van der Waals surface area (Å²) in [4.78, 5) is 46.0. The topological polar surface area (TPSA) is 192 Å². The molecule has 61 heavy (non-hydrogen) atoms. The van der Waals surface area contributed by atoms with Gasteiger partial charge in [-0.25, -0.2) is 4.57 Å². The molecule has 0 heterocycles. The van der Waals surface area contributed by atoms with Gasteiger partial charge in [0.25, 0.3) is 0 Å². The second-order valence-electron chi connectivity index (χ2n) is 14.7. The van der Waals surface area contributed by atoms with Crippen molar-refractivity contribution < 1.29 is 52.6 Å². The van der Waals surface area contributed by atoms with Crippen LogP contribution in [0.5, 0.6) is 0 Å². The van der Waals surface area contributed by atoms with Gasteiger partial charge in [0.05, 0.1) is 19.3 Å². The van der Waals surface area contributed by atoms with Gasteiger partial charge in [0, 0.05) is 12.8 Å². The standard InChI is InChI=1S/C48H78NO11P/c1-3-5-7-9-11-13-15-17-18-19-20-21-22-24-26-28-30-32-34-38-47(52)60-44(41-58-61(55,56)59-42-45(49)48(53)54)40-57-46(51)39-35-37-43(50)36-33-31-29-27-25-23-16-14-12-10-8-6-4-2/h11-14,17-18,20-21,23-26,29,31,33,36,43-45,50H,3-10,15-16,19,22,27-28,30,32,34-35,37-42,49H2,1-2H3,(H,53,54)(H,55,56)/b13-11-,14-12-,18-17-,21-20-,25-23-,26-24-,31-29-,36-33+/t43-,44-,45+/m1/s1. The van der Waals surface area contributed by atoms with Crippen molar-refractivity contribution in [1.82, 2.24) is 0 Å². The van der Waals surface area contributed by atoms with Crippen molar-refractivity contribution in [2.45, 2.75) is 167 Å². The van der Waals surface area contributed by atoms with E-state index in [9.17, 15) is 28.9 Å². The van der Waals surface area contributed by atoms with E-state index in [1.54, 1.807) is 12.2 Å². The molecular formula is C48H78NO11P. The highest BCUT2D eigenvalue weighted by Gasteiger charge is 2.28. The average Bonchev–Trinajstić information content (AvgIpc) is 3.23. The summed E-state index contributed by atoms with van der Waals surface area (Å²) in [5, 5.41) is 19.2. The Balaban J connectivity index is 4.62. The molecule has 13 heteroatoms. The molecule has 0 aromatic carbocycles. The van der Waals surface area contributed by atoms with Crippen LogP contribution in [0.2, 0.25) is 0 Å². The van der Waals surface area contributed by atoms with Gasteiger partial charge >= 0.3 is 25.7 Å². The molecule has 0 aliphatic carbocycles. The Morgan fingerprint density at radius 3 is 1.59 bits per heavy atom. The second-order valence-corrected chi connectivity index (χ2v) is 16.1. The maximum Gasteiger partial charge on any atom is 0.472 e. The predicted octanol–water partition coefficient (Wildman–Crippen LogP) is 11.0. The largest absolute Gasteiger partial charge is 0.480 e. The van der Waals surface area contributed by atoms with Gasteiger partial charge in [-0.1, -0.05) is 143 Å². The first-order chi connectivity index (χ1) is 29.5. The Morgan fingerprint density at radius 1 is 0.590 bits per heavy atom. The third-order valence-corrected chi connectivity index (χ3v) is 9.86. The first-order valence-electron chi connectivity index (χ1n) is 22.4. The van der Waals surface area contributed by atoms with E-state index < -0.39 is 63.8 Å². The van der Waals surface area contributed by atoms with E-state index in [0.717, 1.165) is 64.2 Å². The van der Waals surface area contributed by atoms with Crippen molar-refractivity contribution in [2.24, 2.45) is 5.73 Å². The summed E-state index contributed by atoms with van der Waals surface area (Å²) in [7, 11) is -4.78. The van der Waals surface area contributed by atoms with Crippen LogP contribution in [0.4, 0.5) is 0 Å². The molecule has 0 fully saturated rings. The zero-order valence-electron chi connectivity index (χ0n) is 37.1. The molecule has 346 valence electrons. The van der Waals surface area contributed by atoms with Gasteiger partial charge < -0.3 is 30.3 Å². The van der Waals surface area contributed by atoms with Crippen LogP contribution in [0.1, 0.15) is 149 Å². The molecular weight excluding hydrogens is 797 g/mol. The number of hydrogen-bond acceptors (Lipinski definition) is 10. The van der Waals surface area contributed by atoms with Gasteiger partial charge in [0.2, 0.25) is 0 Å². The number of allylic oxidation sites excluding steroid dienone is 15. The Morgan fingerprint density at radius 2 is 1.07 bits per heavy atom. The van der Waals surface area contributed by atoms with Gasteiger partial charge in [-0.3, -0.25) is 23.4 Å². The first-order valence-corrected chi connectivity index (χ1v) is 23.9. The number of esters is 2. The van der Waals surface area contributed by atoms with Crippen molar-refractivity contribution in [2.75, 3.05) is 19.8 Å². The van der Waals surface area contributed by atoms with Gasteiger partial charge in [-0.15, -0.1) is 0 Å². The van der Waals surface area contributed by atoms with E-state index in [2.05, 4.69) is 91.3 Å². The fourth-order valence-corrected chi connectivity index (χ4v) is 6.10. The lowest BCUT2D eigenvalue weighted by atomic mass is 10.1. The van der Waals surface area contributed by atoms with Gasteiger partial charge in [0.15, 0.2) is 6.10 Å². The van der Waals surface area contributed by atoms with Crippen LogP contribution in [0.15, 0.2) is 97.2 Å². The normalized spacial score (nSPS) is 15.1. The molecule has 0 saturated carbocycles. The van der Waals surface area contributed by atoms with Crippen LogP contribution in [0.25, 0.3) is 0 Å². The molecule has 0 saturated heterocycles. The summed E-state index contributed by atoms with van der Waals surface area (Å²) in [6.07, 6.45) is 49.3. The van der Waals surface area contributed by atoms with E-state index in [0.29, 0.717) is 19.3 Å². The van der Waals surface area contributed by atoms with Crippen molar-refractivity contribution in [3.63, 3.8) is 0 Å². The summed E-state index contributed by atoms with van der Waals surface area (Å²) in [6.45, 7) is 2.50. The van der Waals surface area contributed by atoms with Gasteiger partial charge in [-0.2, -0.15) is 0 Å². The molecule has 0 amide bonds. The molecule has 4 atom stereocenters. The number of rotatable bonds is 40. The molecule has 0 aromatic rings. The van der Waals surface area contributed by atoms with Crippen molar-refractivity contribution >= 4 is 25.7 Å². The SMILES string of the molecule is CCCCC/C=C\C/C=C\C/C=C\C=C\[C@@H](O)CCCC(=O)OC[C@H](COP(=O)(O)OC[C@H](N)C(=O)O)OC(=O)CCCCC/C=C\C/C=C\C/C=C\C/C=C\CCCCC. The number of nitrogens with two attached hydrogens (primary N) is 1. The first kappa shape index (κ1) is 57.4. The van der Waals surface area contributed by atoms with Crippen molar-refractivity contribution in [3.05, 3.63) is 97.2 Å². The third kappa shape index (κ3) is 41.5. The second kappa shape index (κ2) is 41.7. The monoisotopic (exact) mass is 876 g/mol. The predicted molar refractivity (Wildman–Crippen MR) is 246 cm³/mol. The number of aliphatic hydroxyl groups excluding tert-OH is 1. The lowest BCUT2D eigenvalue weighted by molar-refractivity contribution is -0.161. The van der Waals surface area contributed by atoms with Crippen LogP contribution in [0.3, 0.4) is 0 Å². The van der Waals surface area contributed by atoms with E-state index in [1.165, 1.54) is 38.5 Å².